The molecule has 2 aromatic rings. The van der Waals surface area contributed by atoms with Gasteiger partial charge in [0.15, 0.2) is 17.7 Å². The Morgan fingerprint density at radius 2 is 2.30 bits per heavy atom. The van der Waals surface area contributed by atoms with Crippen LogP contribution in [0.2, 0.25) is 0 Å². The Balaban J connectivity index is 2.20. The van der Waals surface area contributed by atoms with Crippen molar-refractivity contribution < 1.29 is 24.5 Å². The zero-order valence-electron chi connectivity index (χ0n) is 12.1. The van der Waals surface area contributed by atoms with Gasteiger partial charge in [-0.15, -0.1) is 6.42 Å². The first-order valence-electron chi connectivity index (χ1n) is 6.81. The molecular weight excluding hydrogens is 307 g/mol. The van der Waals surface area contributed by atoms with Gasteiger partial charge in [0.1, 0.15) is 24.2 Å². The average Bonchev–Trinajstić information content (AvgIpc) is 3.03. The molecule has 2 aromatic heterocycles. The second-order valence-corrected chi connectivity index (χ2v) is 5.43. The van der Waals surface area contributed by atoms with E-state index in [4.69, 9.17) is 16.4 Å². The fourth-order valence-electron chi connectivity index (χ4n) is 2.82. The van der Waals surface area contributed by atoms with E-state index < -0.39 is 30.7 Å². The number of anilines is 1. The Labute approximate surface area is 130 Å². The maximum Gasteiger partial charge on any atom is 0.181 e. The molecule has 0 spiro atoms. The smallest absolute Gasteiger partial charge is 0.181 e. The highest BCUT2D eigenvalue weighted by molar-refractivity contribution is 5.92. The van der Waals surface area contributed by atoms with Crippen LogP contribution in [0.25, 0.3) is 11.0 Å². The third-order valence-electron chi connectivity index (χ3n) is 4.02. The molecule has 1 fully saturated rings. The van der Waals surface area contributed by atoms with Gasteiger partial charge in [-0.25, -0.2) is 14.4 Å². The molecule has 4 atom stereocenters. The predicted molar refractivity (Wildman–Crippen MR) is 77.4 cm³/mol. The summed E-state index contributed by atoms with van der Waals surface area (Å²) in [5.74, 6) is 2.48. The molecule has 0 radical (unpaired) electrons. The van der Waals surface area contributed by atoms with E-state index in [-0.39, 0.29) is 11.5 Å². The zero-order chi connectivity index (χ0) is 16.8. The molecule has 9 heteroatoms. The summed E-state index contributed by atoms with van der Waals surface area (Å²) in [7, 11) is 0. The zero-order valence-corrected chi connectivity index (χ0v) is 12.1. The number of aromatic nitrogens is 3. The quantitative estimate of drug-likeness (QED) is 0.471. The number of aliphatic hydroxyl groups excluding tert-OH is 2. The molecule has 1 saturated heterocycles. The monoisotopic (exact) mass is 322 g/mol. The summed E-state index contributed by atoms with van der Waals surface area (Å²) in [4.78, 5) is 7.91. The summed E-state index contributed by atoms with van der Waals surface area (Å²) in [6, 6.07) is 0. The number of halogens is 1. The largest absolute Gasteiger partial charge is 0.394 e. The van der Waals surface area contributed by atoms with Gasteiger partial charge in [-0.1, -0.05) is 5.92 Å². The number of nitrogens with one attached hydrogen (secondary N) is 1. The lowest BCUT2D eigenvalue weighted by Crippen LogP contribution is -2.40. The molecule has 1 aliphatic heterocycles. The predicted octanol–water partition coefficient (Wildman–Crippen LogP) is 0.192. The van der Waals surface area contributed by atoms with Crippen LogP contribution < -0.4 is 5.48 Å². The van der Waals surface area contributed by atoms with Crippen LogP contribution in [-0.2, 0) is 4.74 Å². The van der Waals surface area contributed by atoms with Crippen LogP contribution in [0.5, 0.6) is 0 Å². The molecule has 3 unspecified atom stereocenters. The van der Waals surface area contributed by atoms with Gasteiger partial charge in [0.05, 0.1) is 17.6 Å². The van der Waals surface area contributed by atoms with Gasteiger partial charge in [-0.2, -0.15) is 0 Å². The maximum atomic E-state index is 14.9. The number of rotatable bonds is 3. The number of ether oxygens (including phenoxy) is 1. The first kappa shape index (κ1) is 15.6. The number of aliphatic hydroxyl groups is 2. The summed E-state index contributed by atoms with van der Waals surface area (Å²) in [6.07, 6.45) is 4.21. The SMILES string of the molecule is C#Cc1cn(C2OC(CO)C(O)[C@@]2(C)F)c2ncnc(NO)c12. The third kappa shape index (κ3) is 2.15. The van der Waals surface area contributed by atoms with Crippen LogP contribution in [0.1, 0.15) is 18.7 Å². The summed E-state index contributed by atoms with van der Waals surface area (Å²) in [5, 5.41) is 28.7. The highest BCUT2D eigenvalue weighted by atomic mass is 19.1. The van der Waals surface area contributed by atoms with E-state index in [1.807, 2.05) is 5.48 Å². The molecule has 0 bridgehead atoms. The van der Waals surface area contributed by atoms with E-state index in [0.29, 0.717) is 10.9 Å². The van der Waals surface area contributed by atoms with Gasteiger partial charge in [0.2, 0.25) is 0 Å². The second kappa shape index (κ2) is 5.43. The Kier molecular flexibility index (Phi) is 3.69. The lowest BCUT2D eigenvalue weighted by atomic mass is 9.98. The molecule has 3 heterocycles. The highest BCUT2D eigenvalue weighted by Gasteiger charge is 2.55. The van der Waals surface area contributed by atoms with Crippen molar-refractivity contribution in [3.63, 3.8) is 0 Å². The van der Waals surface area contributed by atoms with E-state index in [2.05, 4.69) is 15.9 Å². The van der Waals surface area contributed by atoms with E-state index in [1.165, 1.54) is 24.0 Å². The number of alkyl halides is 1. The van der Waals surface area contributed by atoms with Crippen molar-refractivity contribution >= 4 is 16.9 Å². The molecule has 1 aliphatic rings. The van der Waals surface area contributed by atoms with Crippen molar-refractivity contribution in [1.82, 2.24) is 14.5 Å². The Bertz CT molecular complexity index is 785. The first-order valence-corrected chi connectivity index (χ1v) is 6.81. The normalized spacial score (nSPS) is 30.5. The number of fused-ring (bicyclic) bond motifs is 1. The van der Waals surface area contributed by atoms with Crippen LogP contribution in [-0.4, -0.2) is 54.4 Å². The van der Waals surface area contributed by atoms with Crippen molar-refractivity contribution in [2.24, 2.45) is 0 Å². The fourth-order valence-corrected chi connectivity index (χ4v) is 2.82. The van der Waals surface area contributed by atoms with Crippen molar-refractivity contribution in [2.75, 3.05) is 12.1 Å². The Hall–Kier alpha value is -2.25. The summed E-state index contributed by atoms with van der Waals surface area (Å²) in [6.45, 7) is 0.641. The summed E-state index contributed by atoms with van der Waals surface area (Å²) >= 11 is 0. The molecule has 4 N–H and O–H groups in total. The lowest BCUT2D eigenvalue weighted by molar-refractivity contribution is -0.0564. The molecule has 0 aromatic carbocycles. The van der Waals surface area contributed by atoms with Gasteiger partial charge in [0, 0.05) is 6.20 Å². The van der Waals surface area contributed by atoms with Gasteiger partial charge in [-0.05, 0) is 6.92 Å². The van der Waals surface area contributed by atoms with Gasteiger partial charge < -0.3 is 19.5 Å². The topological polar surface area (TPSA) is 113 Å². The fraction of sp³-hybridized carbons (Fsp3) is 0.429. The first-order chi connectivity index (χ1) is 11.0. The molecular formula is C14H15FN4O4. The van der Waals surface area contributed by atoms with Crippen molar-refractivity contribution in [3.8, 4) is 12.3 Å². The third-order valence-corrected chi connectivity index (χ3v) is 4.02. The number of hydrogen-bond donors (Lipinski definition) is 4. The molecule has 8 nitrogen and oxygen atoms in total. The van der Waals surface area contributed by atoms with Crippen LogP contribution in [0.15, 0.2) is 12.5 Å². The standard InChI is InChI=1S/C14H15FN4O4/c1-3-7-4-19(12-9(7)11(18-22)16-6-17-12)13-14(2,15)10(21)8(5-20)23-13/h1,4,6,8,10,13,20-22H,5H2,2H3,(H,16,17,18)/t8?,10?,13?,14-/m1/s1. The number of hydrogen-bond acceptors (Lipinski definition) is 7. The highest BCUT2D eigenvalue weighted by Crippen LogP contribution is 2.43. The molecule has 0 aliphatic carbocycles. The molecule has 3 rings (SSSR count). The summed E-state index contributed by atoms with van der Waals surface area (Å²) < 4.78 is 21.7. The van der Waals surface area contributed by atoms with Crippen molar-refractivity contribution in [2.45, 2.75) is 31.0 Å². The maximum absolute atomic E-state index is 14.9. The van der Waals surface area contributed by atoms with Crippen molar-refractivity contribution in [3.05, 3.63) is 18.1 Å². The van der Waals surface area contributed by atoms with E-state index in [1.54, 1.807) is 0 Å². The second-order valence-electron chi connectivity index (χ2n) is 5.43. The van der Waals surface area contributed by atoms with E-state index in [9.17, 15) is 14.6 Å². The van der Waals surface area contributed by atoms with Gasteiger partial charge in [0.25, 0.3) is 0 Å². The van der Waals surface area contributed by atoms with Gasteiger partial charge >= 0.3 is 0 Å². The van der Waals surface area contributed by atoms with Crippen LogP contribution in [0, 0.1) is 12.3 Å². The minimum Gasteiger partial charge on any atom is -0.394 e. The van der Waals surface area contributed by atoms with Crippen LogP contribution >= 0.6 is 0 Å². The van der Waals surface area contributed by atoms with E-state index >= 15 is 0 Å². The minimum absolute atomic E-state index is 0.0690. The van der Waals surface area contributed by atoms with E-state index in [0.717, 1.165) is 0 Å². The van der Waals surface area contributed by atoms with Crippen LogP contribution in [0.4, 0.5) is 10.2 Å². The molecule has 122 valence electrons. The Morgan fingerprint density at radius 1 is 1.57 bits per heavy atom. The number of terminal acetylenes is 1. The minimum atomic E-state index is -2.18. The lowest BCUT2D eigenvalue weighted by Gasteiger charge is -2.25. The average molecular weight is 322 g/mol. The van der Waals surface area contributed by atoms with Crippen LogP contribution in [0.3, 0.4) is 0 Å². The van der Waals surface area contributed by atoms with Gasteiger partial charge in [-0.3, -0.25) is 10.7 Å². The molecule has 23 heavy (non-hydrogen) atoms. The molecule has 0 saturated carbocycles. The Morgan fingerprint density at radius 3 is 2.87 bits per heavy atom. The number of nitrogens with zero attached hydrogens (tertiary/aromatic N) is 3. The van der Waals surface area contributed by atoms with Crippen molar-refractivity contribution in [1.29, 1.82) is 0 Å². The molecule has 0 amide bonds. The summed E-state index contributed by atoms with van der Waals surface area (Å²) in [5.41, 5.74) is 0.281.